The van der Waals surface area contributed by atoms with Crippen molar-refractivity contribution >= 4 is 28.5 Å². The van der Waals surface area contributed by atoms with E-state index in [4.69, 9.17) is 9.47 Å². The lowest BCUT2D eigenvalue weighted by molar-refractivity contribution is -0.143. The maximum atomic E-state index is 12.3. The summed E-state index contributed by atoms with van der Waals surface area (Å²) in [5.74, 6) is -0.657. The summed E-state index contributed by atoms with van der Waals surface area (Å²) < 4.78 is 11.7. The topological polar surface area (TPSA) is 102 Å². The van der Waals surface area contributed by atoms with Crippen LogP contribution in [0, 0.1) is 0 Å². The van der Waals surface area contributed by atoms with Crippen molar-refractivity contribution in [1.82, 2.24) is 4.57 Å². The third-order valence-corrected chi connectivity index (χ3v) is 4.16. The number of amides is 1. The fourth-order valence-electron chi connectivity index (χ4n) is 2.88. The number of para-hydroxylation sites is 1. The van der Waals surface area contributed by atoms with Crippen LogP contribution in [0.25, 0.3) is 10.9 Å². The number of carbonyl (C=O) groups excluding carboxylic acids is 2. The molecule has 1 amide bonds. The van der Waals surface area contributed by atoms with Crippen LogP contribution in [0.15, 0.2) is 58.8 Å². The SMILES string of the molecule is CCOC(=O)Cn1c(O)c(N=NC(=O)c2ccc(OCC)cc2)c2ccccc21. The second-order valence-electron chi connectivity index (χ2n) is 6.04. The van der Waals surface area contributed by atoms with Crippen LogP contribution >= 0.6 is 0 Å². The Morgan fingerprint density at radius 3 is 2.45 bits per heavy atom. The second-order valence-corrected chi connectivity index (χ2v) is 6.04. The molecule has 29 heavy (non-hydrogen) atoms. The van der Waals surface area contributed by atoms with Crippen LogP contribution < -0.4 is 4.74 Å². The third-order valence-electron chi connectivity index (χ3n) is 4.16. The van der Waals surface area contributed by atoms with E-state index >= 15 is 0 Å². The van der Waals surface area contributed by atoms with E-state index in [0.717, 1.165) is 0 Å². The second kappa shape index (κ2) is 9.01. The molecule has 0 unspecified atom stereocenters. The van der Waals surface area contributed by atoms with Gasteiger partial charge >= 0.3 is 5.97 Å². The molecule has 0 saturated heterocycles. The van der Waals surface area contributed by atoms with Gasteiger partial charge in [0.15, 0.2) is 5.69 Å². The zero-order valence-corrected chi connectivity index (χ0v) is 16.2. The molecule has 8 heteroatoms. The van der Waals surface area contributed by atoms with E-state index in [-0.39, 0.29) is 24.7 Å². The minimum atomic E-state index is -0.560. The van der Waals surface area contributed by atoms with Gasteiger partial charge in [0.25, 0.3) is 5.91 Å². The molecule has 0 aliphatic rings. The minimum absolute atomic E-state index is 0.115. The van der Waals surface area contributed by atoms with Gasteiger partial charge in [-0.2, -0.15) is 0 Å². The van der Waals surface area contributed by atoms with Crippen molar-refractivity contribution in [3.05, 3.63) is 54.1 Å². The average molecular weight is 395 g/mol. The number of carbonyl (C=O) groups is 2. The molecule has 2 aromatic carbocycles. The fourth-order valence-corrected chi connectivity index (χ4v) is 2.88. The average Bonchev–Trinajstić information content (AvgIpc) is 2.98. The van der Waals surface area contributed by atoms with Gasteiger partial charge < -0.3 is 14.6 Å². The van der Waals surface area contributed by atoms with Crippen LogP contribution in [0.4, 0.5) is 5.69 Å². The number of azo groups is 1. The highest BCUT2D eigenvalue weighted by molar-refractivity contribution is 5.97. The lowest BCUT2D eigenvalue weighted by Crippen LogP contribution is -2.12. The van der Waals surface area contributed by atoms with Crippen LogP contribution in [0.1, 0.15) is 24.2 Å². The summed E-state index contributed by atoms with van der Waals surface area (Å²) in [5.41, 5.74) is 1.04. The first kappa shape index (κ1) is 20.1. The minimum Gasteiger partial charge on any atom is -0.494 e. The molecule has 1 heterocycles. The summed E-state index contributed by atoms with van der Waals surface area (Å²) in [7, 11) is 0. The predicted molar refractivity (Wildman–Crippen MR) is 107 cm³/mol. The van der Waals surface area contributed by atoms with Gasteiger partial charge in [0.05, 0.1) is 18.7 Å². The number of esters is 1. The Hall–Kier alpha value is -3.68. The van der Waals surface area contributed by atoms with Crippen molar-refractivity contribution in [2.75, 3.05) is 13.2 Å². The number of aromatic hydroxyl groups is 1. The highest BCUT2D eigenvalue weighted by Gasteiger charge is 2.19. The zero-order chi connectivity index (χ0) is 20.8. The Morgan fingerprint density at radius 2 is 1.76 bits per heavy atom. The first-order valence-corrected chi connectivity index (χ1v) is 9.19. The Bertz CT molecular complexity index is 1050. The lowest BCUT2D eigenvalue weighted by atomic mass is 10.2. The van der Waals surface area contributed by atoms with Crippen LogP contribution in [0.5, 0.6) is 11.6 Å². The highest BCUT2D eigenvalue weighted by atomic mass is 16.5. The van der Waals surface area contributed by atoms with Gasteiger partial charge in [-0.3, -0.25) is 14.2 Å². The van der Waals surface area contributed by atoms with E-state index in [9.17, 15) is 14.7 Å². The largest absolute Gasteiger partial charge is 0.494 e. The van der Waals surface area contributed by atoms with Crippen LogP contribution in [0.2, 0.25) is 0 Å². The number of ether oxygens (including phenoxy) is 2. The number of nitrogens with zero attached hydrogens (tertiary/aromatic N) is 3. The molecule has 3 aromatic rings. The molecule has 0 saturated carbocycles. The molecule has 0 atom stereocenters. The van der Waals surface area contributed by atoms with Crippen molar-refractivity contribution in [2.45, 2.75) is 20.4 Å². The van der Waals surface area contributed by atoms with Crippen molar-refractivity contribution in [2.24, 2.45) is 10.2 Å². The van der Waals surface area contributed by atoms with Gasteiger partial charge in [-0.1, -0.05) is 18.2 Å². The highest BCUT2D eigenvalue weighted by Crippen LogP contribution is 2.38. The Kier molecular flexibility index (Phi) is 6.23. The van der Waals surface area contributed by atoms with Crippen LogP contribution in [-0.2, 0) is 16.1 Å². The molecule has 1 aromatic heterocycles. The maximum Gasteiger partial charge on any atom is 0.326 e. The zero-order valence-electron chi connectivity index (χ0n) is 16.2. The van der Waals surface area contributed by atoms with Gasteiger partial charge in [0.2, 0.25) is 5.88 Å². The van der Waals surface area contributed by atoms with Gasteiger partial charge in [-0.25, -0.2) is 0 Å². The van der Waals surface area contributed by atoms with E-state index < -0.39 is 11.9 Å². The molecule has 8 nitrogen and oxygen atoms in total. The Balaban J connectivity index is 1.90. The monoisotopic (exact) mass is 395 g/mol. The van der Waals surface area contributed by atoms with E-state index in [1.807, 2.05) is 6.92 Å². The number of aromatic nitrogens is 1. The smallest absolute Gasteiger partial charge is 0.326 e. The van der Waals surface area contributed by atoms with Crippen molar-refractivity contribution in [3.8, 4) is 11.6 Å². The number of hydrogen-bond donors (Lipinski definition) is 1. The van der Waals surface area contributed by atoms with Crippen molar-refractivity contribution in [3.63, 3.8) is 0 Å². The van der Waals surface area contributed by atoms with Crippen LogP contribution in [-0.4, -0.2) is 34.8 Å². The predicted octanol–water partition coefficient (Wildman–Crippen LogP) is 4.23. The molecular formula is C21H21N3O5. The van der Waals surface area contributed by atoms with E-state index in [2.05, 4.69) is 10.2 Å². The van der Waals surface area contributed by atoms with E-state index in [1.165, 1.54) is 4.57 Å². The fraction of sp³-hybridized carbons (Fsp3) is 0.238. The number of rotatable bonds is 7. The van der Waals surface area contributed by atoms with Gasteiger partial charge in [-0.15, -0.1) is 10.2 Å². The van der Waals surface area contributed by atoms with Gasteiger partial charge in [-0.05, 0) is 44.2 Å². The molecule has 0 aliphatic heterocycles. The Morgan fingerprint density at radius 1 is 1.03 bits per heavy atom. The normalized spacial score (nSPS) is 11.1. The first-order valence-electron chi connectivity index (χ1n) is 9.19. The number of benzene rings is 2. The summed E-state index contributed by atoms with van der Waals surface area (Å²) in [5, 5.41) is 18.8. The molecule has 150 valence electrons. The van der Waals surface area contributed by atoms with Crippen LogP contribution in [0.3, 0.4) is 0 Å². The van der Waals surface area contributed by atoms with E-state index in [1.54, 1.807) is 55.5 Å². The van der Waals surface area contributed by atoms with Gasteiger partial charge in [0.1, 0.15) is 12.3 Å². The molecule has 0 radical (unpaired) electrons. The first-order chi connectivity index (χ1) is 14.0. The van der Waals surface area contributed by atoms with E-state index in [0.29, 0.717) is 28.8 Å². The molecule has 0 spiro atoms. The van der Waals surface area contributed by atoms with Crippen molar-refractivity contribution < 1.29 is 24.2 Å². The molecule has 3 rings (SSSR count). The number of fused-ring (bicyclic) bond motifs is 1. The lowest BCUT2D eigenvalue weighted by Gasteiger charge is -2.06. The quantitative estimate of drug-likeness (QED) is 0.476. The molecule has 1 N–H and O–H groups in total. The summed E-state index contributed by atoms with van der Waals surface area (Å²) in [6.07, 6.45) is 0. The number of hydrogen-bond acceptors (Lipinski definition) is 6. The molecule has 0 fully saturated rings. The molecule has 0 bridgehead atoms. The Labute approximate surface area is 167 Å². The maximum absolute atomic E-state index is 12.3. The summed E-state index contributed by atoms with van der Waals surface area (Å²) in [6, 6.07) is 13.5. The summed E-state index contributed by atoms with van der Waals surface area (Å²) in [4.78, 5) is 24.2. The summed E-state index contributed by atoms with van der Waals surface area (Å²) >= 11 is 0. The summed E-state index contributed by atoms with van der Waals surface area (Å²) in [6.45, 7) is 4.17. The standard InChI is InChI=1S/C21H21N3O5/c1-3-28-15-11-9-14(10-12-15)20(26)23-22-19-16-7-5-6-8-17(16)24(21(19)27)13-18(25)29-4-2/h5-12,27H,3-4,13H2,1-2H3. The molecular weight excluding hydrogens is 374 g/mol. The van der Waals surface area contributed by atoms with Gasteiger partial charge in [0, 0.05) is 10.9 Å². The van der Waals surface area contributed by atoms with Crippen molar-refractivity contribution in [1.29, 1.82) is 0 Å². The third kappa shape index (κ3) is 4.43. The molecule has 0 aliphatic carbocycles.